The van der Waals surface area contributed by atoms with Crippen LogP contribution in [0.3, 0.4) is 0 Å². The second kappa shape index (κ2) is 6.55. The van der Waals surface area contributed by atoms with Gasteiger partial charge in [0.2, 0.25) is 18.3 Å². The third-order valence-corrected chi connectivity index (χ3v) is 4.84. The zero-order chi connectivity index (χ0) is 19.1. The highest BCUT2D eigenvalue weighted by Gasteiger charge is 2.21. The van der Waals surface area contributed by atoms with Gasteiger partial charge in [0.05, 0.1) is 0 Å². The lowest BCUT2D eigenvalue weighted by Gasteiger charge is -2.15. The minimum absolute atomic E-state index is 0.163. The molecule has 4 heterocycles. The van der Waals surface area contributed by atoms with Gasteiger partial charge in [0, 0.05) is 37.2 Å². The maximum atomic E-state index is 12.6. The van der Waals surface area contributed by atoms with E-state index in [2.05, 4.69) is 20.3 Å². The van der Waals surface area contributed by atoms with Gasteiger partial charge >= 0.3 is 5.69 Å². The second-order valence-electron chi connectivity index (χ2n) is 6.70. The van der Waals surface area contributed by atoms with Crippen molar-refractivity contribution < 1.29 is 14.3 Å². The lowest BCUT2D eigenvalue weighted by molar-refractivity contribution is -0.117. The van der Waals surface area contributed by atoms with Gasteiger partial charge in [0.25, 0.3) is 0 Å². The van der Waals surface area contributed by atoms with Crippen LogP contribution >= 0.6 is 0 Å². The number of carbonyl (C=O) groups excluding carboxylic acids is 1. The molecule has 144 valence electrons. The van der Waals surface area contributed by atoms with Gasteiger partial charge in [-0.25, -0.2) is 18.9 Å². The van der Waals surface area contributed by atoms with Crippen LogP contribution in [0, 0.1) is 0 Å². The number of aromatic nitrogens is 4. The molecule has 0 radical (unpaired) electrons. The highest BCUT2D eigenvalue weighted by atomic mass is 16.7. The predicted octanol–water partition coefficient (Wildman–Crippen LogP) is 0.859. The van der Waals surface area contributed by atoms with Gasteiger partial charge < -0.3 is 19.7 Å². The van der Waals surface area contributed by atoms with Crippen LogP contribution in [0.5, 0.6) is 11.5 Å². The average Bonchev–Trinajstić information content (AvgIpc) is 3.43. The minimum Gasteiger partial charge on any atom is -0.454 e. The highest BCUT2D eigenvalue weighted by Crippen LogP contribution is 2.34. The first-order valence-electron chi connectivity index (χ1n) is 9.08. The number of fused-ring (bicyclic) bond motifs is 2. The molecular weight excluding hydrogens is 364 g/mol. The molecule has 1 fully saturated rings. The Bertz CT molecular complexity index is 1110. The Morgan fingerprint density at radius 2 is 2.00 bits per heavy atom. The van der Waals surface area contributed by atoms with Crippen molar-refractivity contribution >= 4 is 23.1 Å². The van der Waals surface area contributed by atoms with E-state index >= 15 is 0 Å². The molecule has 0 spiro atoms. The molecular formula is C18H18N6O4. The van der Waals surface area contributed by atoms with Gasteiger partial charge in [-0.3, -0.25) is 4.79 Å². The number of hydrogen-bond acceptors (Lipinski definition) is 7. The summed E-state index contributed by atoms with van der Waals surface area (Å²) in [6.07, 6.45) is 5.33. The molecule has 10 heteroatoms. The number of amides is 1. The van der Waals surface area contributed by atoms with E-state index in [0.717, 1.165) is 30.6 Å². The predicted molar refractivity (Wildman–Crippen MR) is 99.9 cm³/mol. The Labute approximate surface area is 159 Å². The highest BCUT2D eigenvalue weighted by molar-refractivity contribution is 5.91. The normalized spacial score (nSPS) is 15.4. The number of nitrogens with one attached hydrogen (secondary N) is 1. The number of ether oxygens (including phenoxy) is 2. The molecule has 1 aromatic carbocycles. The summed E-state index contributed by atoms with van der Waals surface area (Å²) >= 11 is 0. The van der Waals surface area contributed by atoms with Crippen molar-refractivity contribution in [2.24, 2.45) is 0 Å². The molecule has 10 nitrogen and oxygen atoms in total. The maximum absolute atomic E-state index is 12.6. The fourth-order valence-electron chi connectivity index (χ4n) is 3.50. The second-order valence-corrected chi connectivity index (χ2v) is 6.70. The first kappa shape index (κ1) is 16.6. The van der Waals surface area contributed by atoms with Crippen LogP contribution in [0.4, 0.5) is 11.5 Å². The summed E-state index contributed by atoms with van der Waals surface area (Å²) in [7, 11) is 0. The van der Waals surface area contributed by atoms with Gasteiger partial charge in [0.1, 0.15) is 6.54 Å². The molecule has 2 aliphatic heterocycles. The van der Waals surface area contributed by atoms with Gasteiger partial charge in [-0.2, -0.15) is 0 Å². The van der Waals surface area contributed by atoms with Crippen LogP contribution in [0.15, 0.2) is 35.4 Å². The molecule has 0 aliphatic carbocycles. The van der Waals surface area contributed by atoms with Crippen molar-refractivity contribution in [3.8, 4) is 11.5 Å². The van der Waals surface area contributed by atoms with Crippen molar-refractivity contribution in [2.75, 3.05) is 30.1 Å². The first-order valence-corrected chi connectivity index (χ1v) is 9.08. The summed E-state index contributed by atoms with van der Waals surface area (Å²) in [4.78, 5) is 31.6. The van der Waals surface area contributed by atoms with Crippen LogP contribution in [0.2, 0.25) is 0 Å². The fourth-order valence-corrected chi connectivity index (χ4v) is 3.50. The lowest BCUT2D eigenvalue weighted by Crippen LogP contribution is -2.28. The van der Waals surface area contributed by atoms with Crippen molar-refractivity contribution in [2.45, 2.75) is 19.4 Å². The largest absolute Gasteiger partial charge is 0.454 e. The summed E-state index contributed by atoms with van der Waals surface area (Å²) in [5.41, 5.74) is 0.648. The van der Waals surface area contributed by atoms with E-state index in [4.69, 9.17) is 9.47 Å². The van der Waals surface area contributed by atoms with Crippen LogP contribution < -0.4 is 25.4 Å². The topological polar surface area (TPSA) is 103 Å². The molecule has 3 aromatic rings. The summed E-state index contributed by atoms with van der Waals surface area (Å²) in [5.74, 6) is 1.52. The Morgan fingerprint density at radius 1 is 1.18 bits per heavy atom. The molecule has 28 heavy (non-hydrogen) atoms. The van der Waals surface area contributed by atoms with Crippen LogP contribution in [0.1, 0.15) is 12.8 Å². The SMILES string of the molecule is O=C(Cn1nc2c(N3CCCC3)nccn2c1=O)Nc1ccc2c(c1)OCO2. The molecule has 0 atom stereocenters. The summed E-state index contributed by atoms with van der Waals surface area (Å²) in [5, 5.41) is 7.11. The number of carbonyl (C=O) groups is 1. The van der Waals surface area contributed by atoms with E-state index < -0.39 is 0 Å². The third-order valence-electron chi connectivity index (χ3n) is 4.84. The monoisotopic (exact) mass is 382 g/mol. The molecule has 1 saturated heterocycles. The van der Waals surface area contributed by atoms with Gasteiger partial charge in [-0.1, -0.05) is 0 Å². The van der Waals surface area contributed by atoms with Crippen LogP contribution in [0.25, 0.3) is 5.65 Å². The number of nitrogens with zero attached hydrogens (tertiary/aromatic N) is 5. The molecule has 5 rings (SSSR count). The summed E-state index contributed by atoms with van der Waals surface area (Å²) < 4.78 is 13.1. The molecule has 2 aliphatic rings. The molecule has 1 amide bonds. The standard InChI is InChI=1S/C18H18N6O4/c25-15(20-12-3-4-13-14(9-12)28-11-27-13)10-24-18(26)23-8-5-19-16(17(23)21-24)22-6-1-2-7-22/h3-5,8-9H,1-2,6-7,10-11H2,(H,20,25). The zero-order valence-electron chi connectivity index (χ0n) is 15.0. The quantitative estimate of drug-likeness (QED) is 0.714. The van der Waals surface area contributed by atoms with E-state index in [1.807, 2.05) is 0 Å². The fraction of sp³-hybridized carbons (Fsp3) is 0.333. The lowest BCUT2D eigenvalue weighted by atomic mass is 10.3. The first-order chi connectivity index (χ1) is 13.7. The average molecular weight is 382 g/mol. The van der Waals surface area contributed by atoms with E-state index in [9.17, 15) is 9.59 Å². The van der Waals surface area contributed by atoms with Gasteiger partial charge in [-0.05, 0) is 25.0 Å². The van der Waals surface area contributed by atoms with Gasteiger partial charge in [-0.15, -0.1) is 5.10 Å². The van der Waals surface area contributed by atoms with E-state index in [1.165, 1.54) is 4.40 Å². The Hall–Kier alpha value is -3.56. The Balaban J connectivity index is 1.39. The minimum atomic E-state index is -0.376. The van der Waals surface area contributed by atoms with Gasteiger partial charge in [0.15, 0.2) is 17.3 Å². The molecule has 1 N–H and O–H groups in total. The van der Waals surface area contributed by atoms with Crippen LogP contribution in [-0.4, -0.2) is 45.0 Å². The zero-order valence-corrected chi connectivity index (χ0v) is 15.0. The van der Waals surface area contributed by atoms with Crippen molar-refractivity contribution in [1.82, 2.24) is 19.2 Å². The van der Waals surface area contributed by atoms with Crippen LogP contribution in [-0.2, 0) is 11.3 Å². The molecule has 0 bridgehead atoms. The number of rotatable bonds is 4. The Kier molecular flexibility index (Phi) is 3.89. The maximum Gasteiger partial charge on any atom is 0.350 e. The number of anilines is 2. The van der Waals surface area contributed by atoms with E-state index in [0.29, 0.717) is 28.7 Å². The van der Waals surface area contributed by atoms with Crippen molar-refractivity contribution in [3.63, 3.8) is 0 Å². The van der Waals surface area contributed by atoms with E-state index in [1.54, 1.807) is 30.6 Å². The number of hydrogen-bond donors (Lipinski definition) is 1. The molecule has 2 aromatic heterocycles. The summed E-state index contributed by atoms with van der Waals surface area (Å²) in [6.45, 7) is 1.74. The Morgan fingerprint density at radius 3 is 2.86 bits per heavy atom. The molecule has 0 saturated carbocycles. The molecule has 0 unspecified atom stereocenters. The van der Waals surface area contributed by atoms with Crippen molar-refractivity contribution in [1.29, 1.82) is 0 Å². The third kappa shape index (κ3) is 2.82. The van der Waals surface area contributed by atoms with Crippen molar-refractivity contribution in [3.05, 3.63) is 41.1 Å². The smallest absolute Gasteiger partial charge is 0.350 e. The van der Waals surface area contributed by atoms with E-state index in [-0.39, 0.29) is 24.9 Å². The number of benzene rings is 1. The summed E-state index contributed by atoms with van der Waals surface area (Å²) in [6, 6.07) is 5.12.